The summed E-state index contributed by atoms with van der Waals surface area (Å²) < 4.78 is 0. The van der Waals surface area contributed by atoms with Crippen molar-refractivity contribution in [1.82, 2.24) is 19.9 Å². The van der Waals surface area contributed by atoms with E-state index in [9.17, 15) is 0 Å². The molecule has 0 amide bonds. The summed E-state index contributed by atoms with van der Waals surface area (Å²) in [7, 11) is -2.94. The first-order valence-corrected chi connectivity index (χ1v) is 23.2. The molecule has 0 saturated carbocycles. The van der Waals surface area contributed by atoms with Gasteiger partial charge in [-0.15, -0.1) is 33.2 Å². The van der Waals surface area contributed by atoms with Gasteiger partial charge in [-0.05, 0) is 70.8 Å². The first-order chi connectivity index (χ1) is 23.0. The van der Waals surface area contributed by atoms with Crippen molar-refractivity contribution in [1.29, 1.82) is 0 Å². The van der Waals surface area contributed by atoms with E-state index in [4.69, 9.17) is 19.9 Å². The van der Waals surface area contributed by atoms with Gasteiger partial charge >= 0.3 is 19.5 Å². The van der Waals surface area contributed by atoms with E-state index in [1.54, 1.807) is 0 Å². The Kier molecular flexibility index (Phi) is 9.47. The van der Waals surface area contributed by atoms with Crippen LogP contribution in [-0.4, -0.2) is 26.1 Å². The molecule has 0 spiro atoms. The molecule has 0 fully saturated rings. The number of nitrogens with zero attached hydrogens (tertiary/aromatic N) is 4. The second-order valence-electron chi connectivity index (χ2n) is 14.2. The zero-order valence-electron chi connectivity index (χ0n) is 28.9. The molecule has 234 valence electrons. The Morgan fingerprint density at radius 3 is 1.24 bits per heavy atom. The van der Waals surface area contributed by atoms with E-state index in [0.717, 1.165) is 78.2 Å². The standard InChI is InChI=1S/C42H36N4Si2.Zn/c1-47(2,3)25-23-29-7-11-31(12-8-29)41-37-19-15-33(43-37)27-35-17-21-39(45-35)42(32-13-9-30(10-14-32)24-26-48(4,5)6)40-22-18-36(46-40)28-34-16-20-38(41)44-34;/h7-22,27-28H,1-6H3;/q-2;+2. The van der Waals surface area contributed by atoms with Gasteiger partial charge in [-0.25, -0.2) is 9.97 Å². The average molecular weight is 718 g/mol. The molecule has 2 aromatic carbocycles. The van der Waals surface area contributed by atoms with Crippen molar-refractivity contribution < 1.29 is 19.5 Å². The molecule has 49 heavy (non-hydrogen) atoms. The minimum Gasteiger partial charge on any atom is -0.657 e. The van der Waals surface area contributed by atoms with Crippen LogP contribution in [0, 0.1) is 22.9 Å². The van der Waals surface area contributed by atoms with E-state index < -0.39 is 16.1 Å². The van der Waals surface area contributed by atoms with Gasteiger partial charge in [0.2, 0.25) is 0 Å². The quantitative estimate of drug-likeness (QED) is 0.132. The second kappa shape index (κ2) is 13.6. The number of benzene rings is 2. The first kappa shape index (κ1) is 34.1. The summed E-state index contributed by atoms with van der Waals surface area (Å²) in [5.74, 6) is 6.73. The Labute approximate surface area is 303 Å². The number of fused-ring (bicyclic) bond motifs is 8. The van der Waals surface area contributed by atoms with E-state index in [1.807, 2.05) is 36.4 Å². The molecule has 2 aliphatic heterocycles. The number of hydrogen-bond acceptors (Lipinski definition) is 2. The number of aromatic nitrogens is 4. The van der Waals surface area contributed by atoms with Crippen LogP contribution in [0.4, 0.5) is 0 Å². The van der Waals surface area contributed by atoms with Crippen LogP contribution in [0.5, 0.6) is 0 Å². The monoisotopic (exact) mass is 716 g/mol. The fourth-order valence-electron chi connectivity index (χ4n) is 5.51. The van der Waals surface area contributed by atoms with Crippen LogP contribution in [-0.2, 0) is 19.5 Å². The van der Waals surface area contributed by atoms with Gasteiger partial charge in [0.05, 0.1) is 22.8 Å². The number of rotatable bonds is 2. The van der Waals surface area contributed by atoms with Gasteiger partial charge in [0.25, 0.3) is 0 Å². The van der Waals surface area contributed by atoms with Gasteiger partial charge in [-0.3, -0.25) is 0 Å². The van der Waals surface area contributed by atoms with Gasteiger partial charge in [0.15, 0.2) is 0 Å². The third-order valence-electron chi connectivity index (χ3n) is 7.77. The van der Waals surface area contributed by atoms with Crippen molar-refractivity contribution in [3.63, 3.8) is 0 Å². The number of hydrogen-bond donors (Lipinski definition) is 0. The maximum absolute atomic E-state index is 5.05. The third-order valence-corrected chi connectivity index (χ3v) is 9.52. The second-order valence-corrected chi connectivity index (χ2v) is 23.7. The zero-order valence-corrected chi connectivity index (χ0v) is 33.9. The van der Waals surface area contributed by atoms with Gasteiger partial charge in [0, 0.05) is 11.1 Å². The molecule has 4 nitrogen and oxygen atoms in total. The molecule has 5 heterocycles. The van der Waals surface area contributed by atoms with E-state index in [-0.39, 0.29) is 19.5 Å². The van der Waals surface area contributed by atoms with Crippen LogP contribution in [0.2, 0.25) is 39.3 Å². The third kappa shape index (κ3) is 8.10. The molecule has 0 unspecified atom stereocenters. The average Bonchev–Trinajstić information content (AvgIpc) is 3.86. The maximum Gasteiger partial charge on any atom is 2.00 e. The van der Waals surface area contributed by atoms with Crippen molar-refractivity contribution in [3.05, 3.63) is 119 Å². The summed E-state index contributed by atoms with van der Waals surface area (Å²) in [4.78, 5) is 20.2. The predicted octanol–water partition coefficient (Wildman–Crippen LogP) is 9.70. The summed E-state index contributed by atoms with van der Waals surface area (Å²) in [5.41, 5.74) is 19.8. The largest absolute Gasteiger partial charge is 2.00 e. The van der Waals surface area contributed by atoms with Gasteiger partial charge in [-0.2, -0.15) is 0 Å². The molecule has 0 saturated heterocycles. The first-order valence-electron chi connectivity index (χ1n) is 16.2. The topological polar surface area (TPSA) is 54.0 Å². The Morgan fingerprint density at radius 1 is 0.490 bits per heavy atom. The Balaban J connectivity index is 0.00000417. The summed E-state index contributed by atoms with van der Waals surface area (Å²) in [6.45, 7) is 13.5. The Hall–Kier alpha value is -4.78. The van der Waals surface area contributed by atoms with Crippen LogP contribution in [0.3, 0.4) is 0 Å². The molecule has 3 aromatic heterocycles. The molecular formula is C42H36N4Si2Zn. The van der Waals surface area contributed by atoms with Crippen molar-refractivity contribution in [2.24, 2.45) is 0 Å². The van der Waals surface area contributed by atoms with E-state index in [0.29, 0.717) is 0 Å². The van der Waals surface area contributed by atoms with Crippen LogP contribution in [0.25, 0.3) is 68.6 Å². The van der Waals surface area contributed by atoms with Crippen molar-refractivity contribution >= 4 is 62.5 Å². The van der Waals surface area contributed by atoms with Gasteiger partial charge in [0.1, 0.15) is 16.1 Å². The van der Waals surface area contributed by atoms with Crippen molar-refractivity contribution in [3.8, 4) is 45.2 Å². The molecule has 0 radical (unpaired) electrons. The molecule has 7 heteroatoms. The molecule has 8 bridgehead atoms. The van der Waals surface area contributed by atoms with Crippen molar-refractivity contribution in [2.45, 2.75) is 39.3 Å². The molecule has 5 aromatic rings. The normalized spacial score (nSPS) is 12.0. The fourth-order valence-corrected chi connectivity index (χ4v) is 6.55. The SMILES string of the molecule is C[Si](C)(C)C#Cc1ccc(-c2c3nc(cc4ccc([n-]4)c(-c4ccc(C#C[Si](C)(C)C)cc4)c4nc(cc5ccc2[n-]5)C=C4)C=C3)cc1.[Zn+2]. The molecule has 2 aliphatic rings. The molecule has 0 atom stereocenters. The summed E-state index contributed by atoms with van der Waals surface area (Å²) in [6.07, 6.45) is 8.21. The minimum atomic E-state index is -1.47. The predicted molar refractivity (Wildman–Crippen MR) is 208 cm³/mol. The minimum absolute atomic E-state index is 0. The molecular weight excluding hydrogens is 682 g/mol. The Bertz CT molecular complexity index is 2240. The van der Waals surface area contributed by atoms with E-state index >= 15 is 0 Å². The zero-order chi connectivity index (χ0) is 33.5. The summed E-state index contributed by atoms with van der Waals surface area (Å²) >= 11 is 0. The molecule has 0 N–H and O–H groups in total. The van der Waals surface area contributed by atoms with Crippen LogP contribution in [0.15, 0.2) is 84.9 Å². The summed E-state index contributed by atoms with van der Waals surface area (Å²) in [5, 5.41) is 0. The van der Waals surface area contributed by atoms with Crippen molar-refractivity contribution in [2.75, 3.05) is 0 Å². The Morgan fingerprint density at radius 2 is 0.878 bits per heavy atom. The maximum atomic E-state index is 5.05. The molecule has 7 rings (SSSR count). The smallest absolute Gasteiger partial charge is 0.657 e. The van der Waals surface area contributed by atoms with Crippen LogP contribution in [0.1, 0.15) is 33.9 Å². The van der Waals surface area contributed by atoms with Crippen LogP contribution >= 0.6 is 0 Å². The van der Waals surface area contributed by atoms with Gasteiger partial charge in [-0.1, -0.05) is 112 Å². The van der Waals surface area contributed by atoms with Crippen LogP contribution < -0.4 is 9.97 Å². The van der Waals surface area contributed by atoms with Gasteiger partial charge < -0.3 is 9.97 Å². The molecule has 0 aliphatic carbocycles. The van der Waals surface area contributed by atoms with E-state index in [2.05, 4.69) is 135 Å². The summed E-state index contributed by atoms with van der Waals surface area (Å²) in [6, 6.07) is 29.1. The fraction of sp³-hybridized carbons (Fsp3) is 0.143. The van der Waals surface area contributed by atoms with E-state index in [1.165, 1.54) is 0 Å².